The molecule has 0 saturated heterocycles. The Labute approximate surface area is 186 Å². The van der Waals surface area contributed by atoms with Gasteiger partial charge in [-0.3, -0.25) is 19.3 Å². The molecule has 0 bridgehead atoms. The Morgan fingerprint density at radius 1 is 1.23 bits per heavy atom. The van der Waals surface area contributed by atoms with E-state index in [-0.39, 0.29) is 18.4 Å². The maximum atomic E-state index is 13.0. The topological polar surface area (TPSA) is 105 Å². The molecule has 3 aromatic heterocycles. The number of aromatic nitrogens is 3. The molecule has 31 heavy (non-hydrogen) atoms. The van der Waals surface area contributed by atoms with Crippen molar-refractivity contribution in [2.75, 3.05) is 5.32 Å². The van der Waals surface area contributed by atoms with Crippen molar-refractivity contribution in [2.24, 2.45) is 0 Å². The SMILES string of the molecule is CC(C(=O)Nc1ccccc1C(=O)NCc1ccco1)n1c(-c2cccs2)n[nH]c1=S. The normalized spacial score (nSPS) is 11.8. The predicted octanol–water partition coefficient (Wildman–Crippen LogP) is 4.39. The van der Waals surface area contributed by atoms with Crippen LogP contribution in [0.3, 0.4) is 0 Å². The molecule has 3 heterocycles. The molecule has 158 valence electrons. The van der Waals surface area contributed by atoms with Gasteiger partial charge >= 0.3 is 0 Å². The number of H-pyrrole nitrogens is 1. The standard InChI is InChI=1S/C21H19N5O3S2/c1-13(26-18(24-25-21(26)30)17-9-5-11-31-17)19(27)23-16-8-3-2-7-15(16)20(28)22-12-14-6-4-10-29-14/h2-11,13H,12H2,1H3,(H,22,28)(H,23,27)(H,25,30). The smallest absolute Gasteiger partial charge is 0.253 e. The number of rotatable bonds is 7. The van der Waals surface area contributed by atoms with Gasteiger partial charge in [0.2, 0.25) is 5.91 Å². The van der Waals surface area contributed by atoms with E-state index in [0.29, 0.717) is 27.6 Å². The molecule has 0 radical (unpaired) electrons. The van der Waals surface area contributed by atoms with Crippen molar-refractivity contribution >= 4 is 41.1 Å². The molecular weight excluding hydrogens is 434 g/mol. The van der Waals surface area contributed by atoms with Crippen molar-refractivity contribution in [3.05, 3.63) is 76.3 Å². The summed E-state index contributed by atoms with van der Waals surface area (Å²) < 4.78 is 7.24. The number of hydrogen-bond donors (Lipinski definition) is 3. The zero-order valence-corrected chi connectivity index (χ0v) is 18.1. The van der Waals surface area contributed by atoms with Crippen molar-refractivity contribution in [3.8, 4) is 10.7 Å². The third-order valence-corrected chi connectivity index (χ3v) is 5.80. The zero-order valence-electron chi connectivity index (χ0n) is 16.5. The number of carbonyl (C=O) groups is 2. The molecule has 0 spiro atoms. The van der Waals surface area contributed by atoms with Crippen LogP contribution in [-0.4, -0.2) is 26.6 Å². The van der Waals surface area contributed by atoms with Gasteiger partial charge in [0.05, 0.1) is 28.9 Å². The summed E-state index contributed by atoms with van der Waals surface area (Å²) >= 11 is 6.85. The summed E-state index contributed by atoms with van der Waals surface area (Å²) in [6.45, 7) is 1.98. The number of hydrogen-bond acceptors (Lipinski definition) is 6. The highest BCUT2D eigenvalue weighted by Crippen LogP contribution is 2.26. The molecule has 4 rings (SSSR count). The maximum Gasteiger partial charge on any atom is 0.253 e. The van der Waals surface area contributed by atoms with Gasteiger partial charge in [0.25, 0.3) is 5.91 Å². The summed E-state index contributed by atoms with van der Waals surface area (Å²) in [5.74, 6) is 0.590. The number of carbonyl (C=O) groups excluding carboxylic acids is 2. The minimum absolute atomic E-state index is 0.249. The van der Waals surface area contributed by atoms with E-state index in [1.54, 1.807) is 54.2 Å². The molecular formula is C21H19N5O3S2. The molecule has 4 aromatic rings. The van der Waals surface area contributed by atoms with Crippen molar-refractivity contribution in [2.45, 2.75) is 19.5 Å². The lowest BCUT2D eigenvalue weighted by atomic mass is 10.1. The van der Waals surface area contributed by atoms with Gasteiger partial charge < -0.3 is 15.1 Å². The first kappa shape index (κ1) is 20.8. The van der Waals surface area contributed by atoms with Crippen LogP contribution in [0.5, 0.6) is 0 Å². The van der Waals surface area contributed by atoms with E-state index < -0.39 is 6.04 Å². The Morgan fingerprint density at radius 3 is 2.81 bits per heavy atom. The monoisotopic (exact) mass is 453 g/mol. The number of amides is 2. The fourth-order valence-corrected chi connectivity index (χ4v) is 4.06. The van der Waals surface area contributed by atoms with Crippen LogP contribution < -0.4 is 10.6 Å². The number of nitrogens with one attached hydrogen (secondary N) is 3. The van der Waals surface area contributed by atoms with Gasteiger partial charge in [0, 0.05) is 0 Å². The Hall–Kier alpha value is -3.50. The second-order valence-corrected chi connectivity index (χ2v) is 8.01. The molecule has 3 N–H and O–H groups in total. The predicted molar refractivity (Wildman–Crippen MR) is 120 cm³/mol. The summed E-state index contributed by atoms with van der Waals surface area (Å²) in [6.07, 6.45) is 1.54. The Bertz CT molecular complexity index is 1240. The summed E-state index contributed by atoms with van der Waals surface area (Å²) in [6, 6.07) is 13.5. The molecule has 0 fully saturated rings. The van der Waals surface area contributed by atoms with Crippen molar-refractivity contribution in [1.29, 1.82) is 0 Å². The van der Waals surface area contributed by atoms with E-state index in [1.807, 2.05) is 17.5 Å². The number of benzene rings is 1. The van der Waals surface area contributed by atoms with Gasteiger partial charge in [-0.1, -0.05) is 18.2 Å². The van der Waals surface area contributed by atoms with Gasteiger partial charge in [0.1, 0.15) is 11.8 Å². The first-order valence-corrected chi connectivity index (χ1v) is 10.7. The van der Waals surface area contributed by atoms with E-state index in [4.69, 9.17) is 16.6 Å². The first-order chi connectivity index (χ1) is 15.0. The van der Waals surface area contributed by atoms with Gasteiger partial charge in [-0.15, -0.1) is 11.3 Å². The van der Waals surface area contributed by atoms with Crippen LogP contribution in [0.15, 0.2) is 64.6 Å². The number of aromatic amines is 1. The van der Waals surface area contributed by atoms with Crippen LogP contribution in [0.4, 0.5) is 5.69 Å². The van der Waals surface area contributed by atoms with E-state index in [2.05, 4.69) is 20.8 Å². The van der Waals surface area contributed by atoms with Gasteiger partial charge in [-0.25, -0.2) is 0 Å². The summed E-state index contributed by atoms with van der Waals surface area (Å²) in [4.78, 5) is 26.6. The number of nitrogens with zero attached hydrogens (tertiary/aromatic N) is 2. The van der Waals surface area contributed by atoms with Gasteiger partial charge in [0.15, 0.2) is 10.6 Å². The van der Waals surface area contributed by atoms with Crippen LogP contribution in [0.1, 0.15) is 29.1 Å². The van der Waals surface area contributed by atoms with Crippen molar-refractivity contribution in [3.63, 3.8) is 0 Å². The van der Waals surface area contributed by atoms with Crippen LogP contribution in [0.2, 0.25) is 0 Å². The Balaban J connectivity index is 1.53. The zero-order chi connectivity index (χ0) is 21.8. The highest BCUT2D eigenvalue weighted by Gasteiger charge is 2.23. The molecule has 0 aliphatic rings. The molecule has 1 aromatic carbocycles. The lowest BCUT2D eigenvalue weighted by Gasteiger charge is -2.17. The average Bonchev–Trinajstić information content (AvgIpc) is 3.53. The molecule has 1 atom stereocenters. The minimum Gasteiger partial charge on any atom is -0.467 e. The lowest BCUT2D eigenvalue weighted by molar-refractivity contribution is -0.118. The summed E-state index contributed by atoms with van der Waals surface area (Å²) in [7, 11) is 0. The molecule has 10 heteroatoms. The van der Waals surface area contributed by atoms with Gasteiger partial charge in [-0.2, -0.15) is 5.10 Å². The second-order valence-electron chi connectivity index (χ2n) is 6.67. The number of furan rings is 1. The van der Waals surface area contributed by atoms with Crippen LogP contribution >= 0.6 is 23.6 Å². The van der Waals surface area contributed by atoms with Crippen molar-refractivity contribution < 1.29 is 14.0 Å². The highest BCUT2D eigenvalue weighted by molar-refractivity contribution is 7.71. The second kappa shape index (κ2) is 9.11. The van der Waals surface area contributed by atoms with E-state index >= 15 is 0 Å². The quantitative estimate of drug-likeness (QED) is 0.360. The number of anilines is 1. The Kier molecular flexibility index (Phi) is 6.10. The van der Waals surface area contributed by atoms with Crippen LogP contribution in [-0.2, 0) is 11.3 Å². The van der Waals surface area contributed by atoms with E-state index in [9.17, 15) is 9.59 Å². The molecule has 1 unspecified atom stereocenters. The molecule has 0 aliphatic carbocycles. The average molecular weight is 454 g/mol. The fourth-order valence-electron chi connectivity index (χ4n) is 3.06. The van der Waals surface area contributed by atoms with Crippen molar-refractivity contribution in [1.82, 2.24) is 20.1 Å². The number of para-hydroxylation sites is 1. The third kappa shape index (κ3) is 4.49. The van der Waals surface area contributed by atoms with E-state index in [1.165, 1.54) is 11.3 Å². The summed E-state index contributed by atoms with van der Waals surface area (Å²) in [5.41, 5.74) is 0.757. The number of thiophene rings is 1. The maximum absolute atomic E-state index is 13.0. The molecule has 2 amide bonds. The van der Waals surface area contributed by atoms with E-state index in [0.717, 1.165) is 4.88 Å². The first-order valence-electron chi connectivity index (χ1n) is 9.46. The molecule has 0 aliphatic heterocycles. The third-order valence-electron chi connectivity index (χ3n) is 4.65. The van der Waals surface area contributed by atoms with Crippen LogP contribution in [0, 0.1) is 4.77 Å². The Morgan fingerprint density at radius 2 is 2.06 bits per heavy atom. The fraction of sp³-hybridized carbons (Fsp3) is 0.143. The molecule has 8 nitrogen and oxygen atoms in total. The molecule has 0 saturated carbocycles. The highest BCUT2D eigenvalue weighted by atomic mass is 32.1. The summed E-state index contributed by atoms with van der Waals surface area (Å²) in [5, 5.41) is 14.6. The minimum atomic E-state index is -0.650. The largest absolute Gasteiger partial charge is 0.467 e. The lowest BCUT2D eigenvalue weighted by Crippen LogP contribution is -2.27. The van der Waals surface area contributed by atoms with Crippen LogP contribution in [0.25, 0.3) is 10.7 Å². The van der Waals surface area contributed by atoms with Gasteiger partial charge in [-0.05, 0) is 54.9 Å².